The van der Waals surface area contributed by atoms with Gasteiger partial charge in [0.2, 0.25) is 5.91 Å². The van der Waals surface area contributed by atoms with E-state index in [0.717, 1.165) is 25.7 Å². The average molecular weight is 272 g/mol. The van der Waals surface area contributed by atoms with Crippen LogP contribution in [-0.2, 0) is 4.79 Å². The molecule has 0 aromatic rings. The third kappa shape index (κ3) is 4.15. The Bertz CT molecular complexity index is 261. The predicted molar refractivity (Wildman–Crippen MR) is 75.8 cm³/mol. The lowest BCUT2D eigenvalue weighted by Crippen LogP contribution is -2.45. The van der Waals surface area contributed by atoms with Gasteiger partial charge in [0, 0.05) is 12.0 Å². The molecule has 0 spiro atoms. The lowest BCUT2D eigenvalue weighted by Gasteiger charge is -2.30. The zero-order valence-electron chi connectivity index (χ0n) is 11.3. The summed E-state index contributed by atoms with van der Waals surface area (Å²) < 4.78 is 0. The molecular formula is C15H26ClNO. The summed E-state index contributed by atoms with van der Waals surface area (Å²) in [5, 5.41) is 3.36. The summed E-state index contributed by atoms with van der Waals surface area (Å²) in [7, 11) is 0. The van der Waals surface area contributed by atoms with Gasteiger partial charge in [0.05, 0.1) is 5.38 Å². The number of hydrogen-bond donors (Lipinski definition) is 1. The van der Waals surface area contributed by atoms with Crippen LogP contribution in [0.4, 0.5) is 0 Å². The molecular weight excluding hydrogens is 246 g/mol. The maximum absolute atomic E-state index is 12.3. The van der Waals surface area contributed by atoms with Crippen molar-refractivity contribution < 1.29 is 4.79 Å². The topological polar surface area (TPSA) is 29.1 Å². The van der Waals surface area contributed by atoms with Crippen LogP contribution in [0.2, 0.25) is 0 Å². The Kier molecular flexibility index (Phi) is 5.81. The molecule has 104 valence electrons. The number of rotatable bonds is 2. The summed E-state index contributed by atoms with van der Waals surface area (Å²) in [4.78, 5) is 12.3. The molecule has 2 rings (SSSR count). The Morgan fingerprint density at radius 2 is 1.39 bits per heavy atom. The van der Waals surface area contributed by atoms with Crippen molar-refractivity contribution in [2.45, 2.75) is 82.0 Å². The van der Waals surface area contributed by atoms with E-state index in [2.05, 4.69) is 5.32 Å². The Hall–Kier alpha value is -0.240. The fourth-order valence-corrected chi connectivity index (χ4v) is 3.61. The van der Waals surface area contributed by atoms with Gasteiger partial charge >= 0.3 is 0 Å². The molecule has 2 saturated carbocycles. The van der Waals surface area contributed by atoms with Gasteiger partial charge in [-0.2, -0.15) is 0 Å². The summed E-state index contributed by atoms with van der Waals surface area (Å²) in [5.74, 6) is 0.519. The fourth-order valence-electron chi connectivity index (χ4n) is 3.27. The van der Waals surface area contributed by atoms with Crippen molar-refractivity contribution in [2.24, 2.45) is 5.92 Å². The quantitative estimate of drug-likeness (QED) is 0.756. The van der Waals surface area contributed by atoms with Crippen LogP contribution in [0.5, 0.6) is 0 Å². The molecule has 0 saturated heterocycles. The highest BCUT2D eigenvalue weighted by molar-refractivity contribution is 6.21. The van der Waals surface area contributed by atoms with E-state index in [4.69, 9.17) is 11.6 Å². The normalized spacial score (nSPS) is 31.4. The fraction of sp³-hybridized carbons (Fsp3) is 0.933. The first kappa shape index (κ1) is 14.2. The molecule has 0 aromatic heterocycles. The molecule has 0 radical (unpaired) electrons. The van der Waals surface area contributed by atoms with E-state index in [9.17, 15) is 4.79 Å². The van der Waals surface area contributed by atoms with Crippen LogP contribution < -0.4 is 5.32 Å². The third-order valence-electron chi connectivity index (χ3n) is 4.49. The van der Waals surface area contributed by atoms with Crippen LogP contribution in [0.3, 0.4) is 0 Å². The minimum atomic E-state index is 0.149. The Balaban J connectivity index is 1.81. The number of hydrogen-bond acceptors (Lipinski definition) is 1. The van der Waals surface area contributed by atoms with Crippen LogP contribution in [-0.4, -0.2) is 17.3 Å². The van der Waals surface area contributed by atoms with Gasteiger partial charge in [-0.05, 0) is 25.7 Å². The van der Waals surface area contributed by atoms with Crippen molar-refractivity contribution in [3.05, 3.63) is 0 Å². The molecule has 2 unspecified atom stereocenters. The zero-order valence-corrected chi connectivity index (χ0v) is 12.1. The number of alkyl halides is 1. The zero-order chi connectivity index (χ0) is 12.8. The van der Waals surface area contributed by atoms with Gasteiger partial charge in [0.15, 0.2) is 0 Å². The minimum Gasteiger partial charge on any atom is -0.352 e. The van der Waals surface area contributed by atoms with E-state index < -0.39 is 0 Å². The number of halogens is 1. The standard InChI is InChI=1S/C15H26ClNO/c16-13-10-6-7-11-14(13)17-15(18)12-8-4-2-1-3-5-9-12/h12-14H,1-11H2,(H,17,18). The molecule has 2 atom stereocenters. The van der Waals surface area contributed by atoms with E-state index in [1.165, 1.54) is 44.9 Å². The van der Waals surface area contributed by atoms with Gasteiger partial charge in [0.25, 0.3) is 0 Å². The molecule has 0 aromatic carbocycles. The molecule has 1 N–H and O–H groups in total. The number of carbonyl (C=O) groups excluding carboxylic acids is 1. The largest absolute Gasteiger partial charge is 0.352 e. The van der Waals surface area contributed by atoms with Gasteiger partial charge in [0.1, 0.15) is 0 Å². The summed E-state index contributed by atoms with van der Waals surface area (Å²) in [6.45, 7) is 0. The van der Waals surface area contributed by atoms with E-state index in [1.54, 1.807) is 0 Å². The molecule has 2 aliphatic carbocycles. The van der Waals surface area contributed by atoms with Gasteiger partial charge in [-0.3, -0.25) is 4.79 Å². The van der Waals surface area contributed by atoms with Gasteiger partial charge in [-0.15, -0.1) is 11.6 Å². The van der Waals surface area contributed by atoms with Crippen molar-refractivity contribution in [2.75, 3.05) is 0 Å². The van der Waals surface area contributed by atoms with Gasteiger partial charge in [-0.1, -0.05) is 44.9 Å². The molecule has 0 bridgehead atoms. The highest BCUT2D eigenvalue weighted by atomic mass is 35.5. The number of amides is 1. The van der Waals surface area contributed by atoms with E-state index >= 15 is 0 Å². The Morgan fingerprint density at radius 1 is 0.833 bits per heavy atom. The molecule has 2 nitrogen and oxygen atoms in total. The van der Waals surface area contributed by atoms with Crippen LogP contribution in [0, 0.1) is 5.92 Å². The first-order chi connectivity index (χ1) is 8.77. The summed E-state index contributed by atoms with van der Waals surface area (Å²) in [6.07, 6.45) is 13.1. The molecule has 3 heteroatoms. The second-order valence-electron chi connectivity index (χ2n) is 5.96. The Labute approximate surface area is 116 Å². The van der Waals surface area contributed by atoms with Crippen molar-refractivity contribution in [1.82, 2.24) is 5.32 Å². The van der Waals surface area contributed by atoms with Crippen LogP contribution in [0.1, 0.15) is 70.6 Å². The van der Waals surface area contributed by atoms with E-state index in [-0.39, 0.29) is 23.2 Å². The second-order valence-corrected chi connectivity index (χ2v) is 6.52. The first-order valence-corrected chi connectivity index (χ1v) is 8.15. The lowest BCUT2D eigenvalue weighted by atomic mass is 9.89. The summed E-state index contributed by atoms with van der Waals surface area (Å²) in [6, 6.07) is 0.221. The summed E-state index contributed by atoms with van der Waals surface area (Å²) in [5.41, 5.74) is 0. The maximum Gasteiger partial charge on any atom is 0.223 e. The number of carbonyl (C=O) groups is 1. The molecule has 2 fully saturated rings. The van der Waals surface area contributed by atoms with Crippen LogP contribution in [0.15, 0.2) is 0 Å². The maximum atomic E-state index is 12.3. The Morgan fingerprint density at radius 3 is 2.06 bits per heavy atom. The van der Waals surface area contributed by atoms with E-state index in [0.29, 0.717) is 0 Å². The lowest BCUT2D eigenvalue weighted by molar-refractivity contribution is -0.126. The van der Waals surface area contributed by atoms with Crippen LogP contribution in [0.25, 0.3) is 0 Å². The minimum absolute atomic E-state index is 0.149. The smallest absolute Gasteiger partial charge is 0.223 e. The van der Waals surface area contributed by atoms with Crippen molar-refractivity contribution in [3.63, 3.8) is 0 Å². The molecule has 0 heterocycles. The SMILES string of the molecule is O=C(NC1CCCCC1Cl)C1CCCCCCC1. The molecule has 1 amide bonds. The second kappa shape index (κ2) is 7.37. The molecule has 18 heavy (non-hydrogen) atoms. The average Bonchev–Trinajstić information content (AvgIpc) is 2.31. The third-order valence-corrected chi connectivity index (χ3v) is 5.01. The van der Waals surface area contributed by atoms with E-state index in [1.807, 2.05) is 0 Å². The monoisotopic (exact) mass is 271 g/mol. The van der Waals surface area contributed by atoms with Gasteiger partial charge in [-0.25, -0.2) is 0 Å². The number of nitrogens with one attached hydrogen (secondary N) is 1. The molecule has 0 aliphatic heterocycles. The molecule has 2 aliphatic rings. The first-order valence-electron chi connectivity index (χ1n) is 7.72. The van der Waals surface area contributed by atoms with Crippen molar-refractivity contribution in [1.29, 1.82) is 0 Å². The van der Waals surface area contributed by atoms with Gasteiger partial charge < -0.3 is 5.32 Å². The highest BCUT2D eigenvalue weighted by Crippen LogP contribution is 2.26. The van der Waals surface area contributed by atoms with Crippen molar-refractivity contribution >= 4 is 17.5 Å². The highest BCUT2D eigenvalue weighted by Gasteiger charge is 2.27. The van der Waals surface area contributed by atoms with Crippen molar-refractivity contribution in [3.8, 4) is 0 Å². The van der Waals surface area contributed by atoms with Crippen LogP contribution >= 0.6 is 11.6 Å². The summed E-state index contributed by atoms with van der Waals surface area (Å²) >= 11 is 6.31. The predicted octanol–water partition coefficient (Wildman–Crippen LogP) is 4.01.